The van der Waals surface area contributed by atoms with E-state index in [2.05, 4.69) is 27.3 Å². The molecule has 0 atom stereocenters. The largest absolute Gasteiger partial charge is 0.312 e. The lowest BCUT2D eigenvalue weighted by Gasteiger charge is -2.15. The van der Waals surface area contributed by atoms with E-state index in [-0.39, 0.29) is 0 Å². The lowest BCUT2D eigenvalue weighted by molar-refractivity contribution is 0.403. The summed E-state index contributed by atoms with van der Waals surface area (Å²) >= 11 is 9.66. The highest BCUT2D eigenvalue weighted by atomic mass is 79.9. The monoisotopic (exact) mass is 313 g/mol. The van der Waals surface area contributed by atoms with E-state index in [0.717, 1.165) is 22.0 Å². The standard InChI is InChI=1S/C14H17BrClN/c15-12-3-4-13(16)10(7-12)8-17-9-14(5-6-14)11-1-2-11/h3-4,7,11,17H,1-2,5-6,8-9H2. The molecule has 0 heterocycles. The lowest BCUT2D eigenvalue weighted by Crippen LogP contribution is -2.25. The predicted octanol–water partition coefficient (Wildman–Crippen LogP) is 4.38. The van der Waals surface area contributed by atoms with Crippen molar-refractivity contribution in [2.24, 2.45) is 11.3 Å². The summed E-state index contributed by atoms with van der Waals surface area (Å²) in [7, 11) is 0. The molecule has 0 unspecified atom stereocenters. The van der Waals surface area contributed by atoms with Crippen molar-refractivity contribution in [1.29, 1.82) is 0 Å². The van der Waals surface area contributed by atoms with Crippen LogP contribution in [0.4, 0.5) is 0 Å². The van der Waals surface area contributed by atoms with Gasteiger partial charge in [-0.1, -0.05) is 27.5 Å². The quantitative estimate of drug-likeness (QED) is 0.850. The molecule has 1 nitrogen and oxygen atoms in total. The first-order valence-electron chi connectivity index (χ1n) is 6.34. The molecule has 0 bridgehead atoms. The Labute approximate surface area is 116 Å². The topological polar surface area (TPSA) is 12.0 Å². The van der Waals surface area contributed by atoms with Crippen molar-refractivity contribution < 1.29 is 0 Å². The Bertz CT molecular complexity index is 424. The molecule has 1 N–H and O–H groups in total. The van der Waals surface area contributed by atoms with Gasteiger partial charge in [-0.3, -0.25) is 0 Å². The van der Waals surface area contributed by atoms with Gasteiger partial charge in [-0.25, -0.2) is 0 Å². The molecular formula is C14H17BrClN. The van der Waals surface area contributed by atoms with Gasteiger partial charge in [-0.05, 0) is 60.8 Å². The second kappa shape index (κ2) is 4.56. The molecule has 92 valence electrons. The van der Waals surface area contributed by atoms with Crippen LogP contribution in [0.3, 0.4) is 0 Å². The summed E-state index contributed by atoms with van der Waals surface area (Å²) in [5.41, 5.74) is 1.85. The normalized spacial score (nSPS) is 21.5. The summed E-state index contributed by atoms with van der Waals surface area (Å²) < 4.78 is 1.10. The average molecular weight is 315 g/mol. The van der Waals surface area contributed by atoms with Gasteiger partial charge < -0.3 is 5.32 Å². The van der Waals surface area contributed by atoms with Crippen molar-refractivity contribution in [3.8, 4) is 0 Å². The smallest absolute Gasteiger partial charge is 0.0451 e. The van der Waals surface area contributed by atoms with E-state index < -0.39 is 0 Å². The van der Waals surface area contributed by atoms with Crippen molar-refractivity contribution in [1.82, 2.24) is 5.32 Å². The third-order valence-electron chi connectivity index (χ3n) is 4.14. The van der Waals surface area contributed by atoms with Gasteiger partial charge in [0.15, 0.2) is 0 Å². The van der Waals surface area contributed by atoms with E-state index in [0.29, 0.717) is 5.41 Å². The molecule has 2 aliphatic rings. The number of hydrogen-bond donors (Lipinski definition) is 1. The Hall–Kier alpha value is -0.0500. The third-order valence-corrected chi connectivity index (χ3v) is 5.00. The molecular weight excluding hydrogens is 298 g/mol. The van der Waals surface area contributed by atoms with E-state index in [4.69, 9.17) is 11.6 Å². The zero-order valence-corrected chi connectivity index (χ0v) is 12.1. The van der Waals surface area contributed by atoms with Crippen LogP contribution in [0, 0.1) is 11.3 Å². The molecule has 2 saturated carbocycles. The maximum atomic E-state index is 6.18. The van der Waals surface area contributed by atoms with Crippen LogP contribution in [0.25, 0.3) is 0 Å². The molecule has 17 heavy (non-hydrogen) atoms. The average Bonchev–Trinajstić information content (AvgIpc) is 3.14. The molecule has 0 spiro atoms. The number of nitrogens with one attached hydrogen (secondary N) is 1. The molecule has 0 aliphatic heterocycles. The third kappa shape index (κ3) is 2.69. The van der Waals surface area contributed by atoms with E-state index in [9.17, 15) is 0 Å². The van der Waals surface area contributed by atoms with E-state index >= 15 is 0 Å². The van der Waals surface area contributed by atoms with Crippen molar-refractivity contribution >= 4 is 27.5 Å². The fourth-order valence-corrected chi connectivity index (χ4v) is 3.30. The highest BCUT2D eigenvalue weighted by molar-refractivity contribution is 9.10. The maximum absolute atomic E-state index is 6.18. The van der Waals surface area contributed by atoms with Crippen LogP contribution in [0.2, 0.25) is 5.02 Å². The molecule has 1 aromatic rings. The van der Waals surface area contributed by atoms with Crippen LogP contribution in [0.5, 0.6) is 0 Å². The van der Waals surface area contributed by atoms with Gasteiger partial charge in [-0.2, -0.15) is 0 Å². The summed E-state index contributed by atoms with van der Waals surface area (Å²) in [5.74, 6) is 1.02. The van der Waals surface area contributed by atoms with Gasteiger partial charge in [0.1, 0.15) is 0 Å². The van der Waals surface area contributed by atoms with Crippen LogP contribution in [-0.2, 0) is 6.54 Å². The van der Waals surface area contributed by atoms with Gasteiger partial charge >= 0.3 is 0 Å². The van der Waals surface area contributed by atoms with E-state index in [1.54, 1.807) is 0 Å². The van der Waals surface area contributed by atoms with Gasteiger partial charge in [0.05, 0.1) is 0 Å². The SMILES string of the molecule is Clc1ccc(Br)cc1CNCC1(C2CC2)CC1. The highest BCUT2D eigenvalue weighted by Crippen LogP contribution is 2.60. The Morgan fingerprint density at radius 3 is 2.76 bits per heavy atom. The van der Waals surface area contributed by atoms with Crippen molar-refractivity contribution in [3.05, 3.63) is 33.3 Å². The maximum Gasteiger partial charge on any atom is 0.0451 e. The molecule has 2 aliphatic carbocycles. The first kappa shape index (κ1) is 12.0. The first-order chi connectivity index (χ1) is 8.20. The second-order valence-corrected chi connectivity index (χ2v) is 6.80. The van der Waals surface area contributed by atoms with E-state index in [1.165, 1.54) is 37.8 Å². The van der Waals surface area contributed by atoms with Crippen molar-refractivity contribution in [3.63, 3.8) is 0 Å². The van der Waals surface area contributed by atoms with Crippen molar-refractivity contribution in [2.45, 2.75) is 32.2 Å². The Kier molecular flexibility index (Phi) is 3.22. The molecule has 0 amide bonds. The minimum atomic E-state index is 0.665. The fraction of sp³-hybridized carbons (Fsp3) is 0.571. The van der Waals surface area contributed by atoms with Gasteiger partial charge in [-0.15, -0.1) is 0 Å². The Morgan fingerprint density at radius 1 is 1.35 bits per heavy atom. The second-order valence-electron chi connectivity index (χ2n) is 5.48. The Morgan fingerprint density at radius 2 is 2.12 bits per heavy atom. The summed E-state index contributed by atoms with van der Waals surface area (Å²) in [5, 5.41) is 4.45. The van der Waals surface area contributed by atoms with Crippen molar-refractivity contribution in [2.75, 3.05) is 6.54 Å². The van der Waals surface area contributed by atoms with Gasteiger partial charge in [0.2, 0.25) is 0 Å². The summed E-state index contributed by atoms with van der Waals surface area (Å²) in [6.07, 6.45) is 5.77. The molecule has 0 radical (unpaired) electrons. The fourth-order valence-electron chi connectivity index (χ4n) is 2.71. The van der Waals surface area contributed by atoms with Crippen LogP contribution in [-0.4, -0.2) is 6.54 Å². The minimum absolute atomic E-state index is 0.665. The van der Waals surface area contributed by atoms with Gasteiger partial charge in [0, 0.05) is 22.6 Å². The molecule has 3 heteroatoms. The molecule has 3 rings (SSSR count). The lowest BCUT2D eigenvalue weighted by atomic mass is 10.0. The van der Waals surface area contributed by atoms with Crippen LogP contribution in [0.1, 0.15) is 31.2 Å². The summed E-state index contributed by atoms with van der Waals surface area (Å²) in [6, 6.07) is 6.04. The van der Waals surface area contributed by atoms with Crippen LogP contribution < -0.4 is 5.32 Å². The van der Waals surface area contributed by atoms with Crippen LogP contribution >= 0.6 is 27.5 Å². The molecule has 0 aromatic heterocycles. The zero-order chi connectivity index (χ0) is 11.9. The number of benzene rings is 1. The van der Waals surface area contributed by atoms with Crippen LogP contribution in [0.15, 0.2) is 22.7 Å². The molecule has 1 aromatic carbocycles. The van der Waals surface area contributed by atoms with Gasteiger partial charge in [0.25, 0.3) is 0 Å². The molecule has 2 fully saturated rings. The molecule has 0 saturated heterocycles. The number of rotatable bonds is 5. The summed E-state index contributed by atoms with van der Waals surface area (Å²) in [6.45, 7) is 2.05. The minimum Gasteiger partial charge on any atom is -0.312 e. The number of halogens is 2. The predicted molar refractivity (Wildman–Crippen MR) is 75.2 cm³/mol. The first-order valence-corrected chi connectivity index (χ1v) is 7.51. The van der Waals surface area contributed by atoms with E-state index in [1.807, 2.05) is 12.1 Å². The Balaban J connectivity index is 1.55. The summed E-state index contributed by atoms with van der Waals surface area (Å²) in [4.78, 5) is 0. The zero-order valence-electron chi connectivity index (χ0n) is 9.81. The number of hydrogen-bond acceptors (Lipinski definition) is 1. The highest BCUT2D eigenvalue weighted by Gasteiger charge is 2.53.